The van der Waals surface area contributed by atoms with E-state index in [1.54, 1.807) is 36.7 Å². The first kappa shape index (κ1) is 22.3. The molecular weight excluding hydrogens is 495 g/mol. The Labute approximate surface area is 202 Å². The smallest absolute Gasteiger partial charge is 0.324 e. The fourth-order valence-corrected chi connectivity index (χ4v) is 5.87. The lowest BCUT2D eigenvalue weighted by Gasteiger charge is -2.22. The highest BCUT2D eigenvalue weighted by molar-refractivity contribution is 7.16. The van der Waals surface area contributed by atoms with Crippen LogP contribution in [0.2, 0.25) is 14.0 Å². The molecule has 1 aliphatic heterocycles. The van der Waals surface area contributed by atoms with Crippen molar-refractivity contribution in [2.45, 2.75) is 25.4 Å². The minimum atomic E-state index is -0.982. The summed E-state index contributed by atoms with van der Waals surface area (Å²) in [6.45, 7) is 9.10. The molecule has 0 bridgehead atoms. The van der Waals surface area contributed by atoms with E-state index in [2.05, 4.69) is 19.7 Å². The number of carbonyl (C=O) groups is 1. The van der Waals surface area contributed by atoms with E-state index in [0.717, 1.165) is 27.4 Å². The number of nitrogens with zero attached hydrogens (tertiary/aromatic N) is 4. The van der Waals surface area contributed by atoms with Crippen LogP contribution in [-0.2, 0) is 13.0 Å². The van der Waals surface area contributed by atoms with E-state index in [-0.39, 0.29) is 5.78 Å². The molecule has 158 valence electrons. The Morgan fingerprint density at radius 2 is 1.81 bits per heavy atom. The molecule has 0 fully saturated rings. The van der Waals surface area contributed by atoms with E-state index in [0.29, 0.717) is 39.0 Å². The zero-order chi connectivity index (χ0) is 22.0. The van der Waals surface area contributed by atoms with Gasteiger partial charge in [0.05, 0.1) is 11.6 Å². The molecule has 10 heteroatoms. The number of halogens is 3. The third-order valence-electron chi connectivity index (χ3n) is 4.95. The zero-order valence-electron chi connectivity index (χ0n) is 16.0. The summed E-state index contributed by atoms with van der Waals surface area (Å²) in [7, 11) is 0. The summed E-state index contributed by atoms with van der Waals surface area (Å²) in [5, 5.41) is 0.344. The predicted molar refractivity (Wildman–Crippen MR) is 126 cm³/mol. The molecule has 1 unspecified atom stereocenters. The Hall–Kier alpha value is -1.95. The lowest BCUT2D eigenvalue weighted by molar-refractivity contribution is 0.0976. The molecule has 5 nitrogen and oxygen atoms in total. The number of rotatable bonds is 7. The fourth-order valence-electron chi connectivity index (χ4n) is 3.62. The third-order valence-corrected chi connectivity index (χ3v) is 7.49. The molecule has 0 radical (unpaired) electrons. The van der Waals surface area contributed by atoms with Crippen LogP contribution in [0.1, 0.15) is 26.5 Å². The first-order valence-corrected chi connectivity index (χ1v) is 12.1. The normalized spacial score (nSPS) is 14.7. The fraction of sp³-hybridized carbons (Fsp3) is 0.238. The number of benzene rings is 1. The minimum Gasteiger partial charge on any atom is -0.363 e. The van der Waals surface area contributed by atoms with Gasteiger partial charge in [-0.25, -0.2) is 16.5 Å². The van der Waals surface area contributed by atoms with Gasteiger partial charge in [0.1, 0.15) is 5.70 Å². The van der Waals surface area contributed by atoms with E-state index in [4.69, 9.17) is 41.4 Å². The van der Waals surface area contributed by atoms with Crippen molar-refractivity contribution >= 4 is 63.3 Å². The number of hydrogen-bond acceptors (Lipinski definition) is 6. The molecule has 1 aliphatic rings. The van der Waals surface area contributed by atoms with Gasteiger partial charge in [-0.3, -0.25) is 9.64 Å². The molecule has 2 aromatic heterocycles. The van der Waals surface area contributed by atoms with Crippen molar-refractivity contribution in [2.24, 2.45) is 0 Å². The van der Waals surface area contributed by atoms with Crippen LogP contribution in [0.4, 0.5) is 0 Å². The molecule has 1 aromatic carbocycles. The van der Waals surface area contributed by atoms with Crippen molar-refractivity contribution in [3.8, 4) is 0 Å². The van der Waals surface area contributed by atoms with E-state index in [9.17, 15) is 4.79 Å². The van der Waals surface area contributed by atoms with Gasteiger partial charge in [0, 0.05) is 40.7 Å². The molecule has 31 heavy (non-hydrogen) atoms. The van der Waals surface area contributed by atoms with Crippen LogP contribution >= 0.6 is 57.5 Å². The van der Waals surface area contributed by atoms with Gasteiger partial charge >= 0.3 is 6.04 Å². The topological polar surface area (TPSA) is 50.5 Å². The van der Waals surface area contributed by atoms with E-state index < -0.39 is 6.04 Å². The molecule has 0 saturated carbocycles. The second-order valence-electron chi connectivity index (χ2n) is 6.87. The Morgan fingerprint density at radius 1 is 1.13 bits per heavy atom. The maximum absolute atomic E-state index is 13.4. The number of Topliss-reactive ketones (excluding diaryl/α,β-unsaturated/α-hetero) is 1. The van der Waals surface area contributed by atoms with Crippen LogP contribution in [0.25, 0.3) is 4.85 Å². The highest BCUT2D eigenvalue weighted by Crippen LogP contribution is 2.35. The van der Waals surface area contributed by atoms with Crippen LogP contribution in [0.15, 0.2) is 47.9 Å². The van der Waals surface area contributed by atoms with Crippen molar-refractivity contribution in [1.29, 1.82) is 0 Å². The van der Waals surface area contributed by atoms with Gasteiger partial charge in [-0.15, -0.1) is 22.7 Å². The highest BCUT2D eigenvalue weighted by Gasteiger charge is 2.39. The monoisotopic (exact) mass is 508 g/mol. The summed E-state index contributed by atoms with van der Waals surface area (Å²) in [6, 6.07) is 5.86. The summed E-state index contributed by atoms with van der Waals surface area (Å²) in [5.74, 6) is -0.301. The molecule has 0 N–H and O–H groups in total. The largest absolute Gasteiger partial charge is 0.363 e. The van der Waals surface area contributed by atoms with Crippen molar-refractivity contribution < 1.29 is 4.79 Å². The summed E-state index contributed by atoms with van der Waals surface area (Å²) in [5.41, 5.74) is 2.12. The number of ketones is 1. The van der Waals surface area contributed by atoms with E-state index in [1.807, 2.05) is 0 Å². The van der Waals surface area contributed by atoms with Crippen LogP contribution in [0.3, 0.4) is 0 Å². The molecule has 0 spiro atoms. The molecule has 0 amide bonds. The third kappa shape index (κ3) is 4.94. The van der Waals surface area contributed by atoms with E-state index >= 15 is 0 Å². The lowest BCUT2D eigenvalue weighted by atomic mass is 9.97. The predicted octanol–water partition coefficient (Wildman–Crippen LogP) is 6.43. The minimum absolute atomic E-state index is 0.301. The Kier molecular flexibility index (Phi) is 6.95. The van der Waals surface area contributed by atoms with E-state index in [1.165, 1.54) is 22.7 Å². The van der Waals surface area contributed by atoms with Crippen LogP contribution in [0.5, 0.6) is 0 Å². The van der Waals surface area contributed by atoms with Crippen LogP contribution < -0.4 is 0 Å². The first-order chi connectivity index (χ1) is 15.0. The molecule has 1 atom stereocenters. The molecule has 4 rings (SSSR count). The molecular formula is C21H15Cl3N4OS2. The Balaban J connectivity index is 1.72. The van der Waals surface area contributed by atoms with Gasteiger partial charge in [-0.1, -0.05) is 46.9 Å². The van der Waals surface area contributed by atoms with Gasteiger partial charge in [-0.05, 0) is 24.1 Å². The van der Waals surface area contributed by atoms with Gasteiger partial charge in [0.15, 0.2) is 8.93 Å². The van der Waals surface area contributed by atoms with Gasteiger partial charge in [-0.2, -0.15) is 0 Å². The number of thiazole rings is 2. The Morgan fingerprint density at radius 3 is 2.42 bits per heavy atom. The summed E-state index contributed by atoms with van der Waals surface area (Å²) >= 11 is 21.1. The van der Waals surface area contributed by atoms with Crippen LogP contribution in [0, 0.1) is 6.57 Å². The highest BCUT2D eigenvalue weighted by atomic mass is 35.5. The summed E-state index contributed by atoms with van der Waals surface area (Å²) in [6.07, 6.45) is 4.82. The van der Waals surface area contributed by atoms with Gasteiger partial charge in [0.2, 0.25) is 0 Å². The zero-order valence-corrected chi connectivity index (χ0v) is 19.9. The maximum Gasteiger partial charge on any atom is 0.324 e. The SMILES string of the molecule is [C-]#[N+]C(C(=O)c1ccccc1Cl)C1=C(Cc2cnc(Cl)s2)CCN1Cc1cnc(Cl)s1. The van der Waals surface area contributed by atoms with Crippen LogP contribution in [-0.4, -0.2) is 33.2 Å². The van der Waals surface area contributed by atoms with Crippen molar-refractivity contribution in [1.82, 2.24) is 14.9 Å². The standard InChI is InChI=1S/C21H15Cl3N4OS2/c1-25-17(19(29)15-4-2-3-5-16(15)22)18-12(8-13-9-26-20(23)30-13)6-7-28(18)11-14-10-27-21(24)31-14/h2-5,9-10,17H,6-8,11H2. The molecule has 0 aliphatic carbocycles. The average Bonchev–Trinajstić information content (AvgIpc) is 3.45. The van der Waals surface area contributed by atoms with Gasteiger partial charge < -0.3 is 4.90 Å². The second kappa shape index (κ2) is 9.68. The Bertz CT molecular complexity index is 1200. The lowest BCUT2D eigenvalue weighted by Crippen LogP contribution is -2.31. The van der Waals surface area contributed by atoms with Crippen molar-refractivity contribution in [3.63, 3.8) is 0 Å². The second-order valence-corrected chi connectivity index (χ2v) is 10.7. The molecule has 3 heterocycles. The number of aromatic nitrogens is 2. The maximum atomic E-state index is 13.4. The first-order valence-electron chi connectivity index (χ1n) is 9.29. The summed E-state index contributed by atoms with van der Waals surface area (Å²) in [4.78, 5) is 29.4. The number of carbonyl (C=O) groups excluding carboxylic acids is 1. The van der Waals surface area contributed by atoms with Crippen molar-refractivity contribution in [2.75, 3.05) is 6.54 Å². The number of hydrogen-bond donors (Lipinski definition) is 0. The molecule has 3 aromatic rings. The quantitative estimate of drug-likeness (QED) is 0.272. The van der Waals surface area contributed by atoms with Crippen molar-refractivity contribution in [3.05, 3.63) is 88.6 Å². The average molecular weight is 510 g/mol. The molecule has 0 saturated heterocycles. The summed E-state index contributed by atoms with van der Waals surface area (Å²) < 4.78 is 0.938. The van der Waals surface area contributed by atoms with Gasteiger partial charge in [0.25, 0.3) is 5.78 Å².